The molecule has 0 amide bonds. The first kappa shape index (κ1) is 16.9. The van der Waals surface area contributed by atoms with Gasteiger partial charge in [0.25, 0.3) is 5.56 Å². The number of aromatic nitrogens is 2. The number of benzene rings is 1. The van der Waals surface area contributed by atoms with Crippen molar-refractivity contribution in [2.75, 3.05) is 5.75 Å². The van der Waals surface area contributed by atoms with Crippen LogP contribution in [-0.2, 0) is 4.79 Å². The zero-order valence-electron chi connectivity index (χ0n) is 13.8. The van der Waals surface area contributed by atoms with Gasteiger partial charge in [-0.05, 0) is 26.3 Å². The molecule has 1 aromatic carbocycles. The van der Waals surface area contributed by atoms with Gasteiger partial charge in [-0.25, -0.2) is 4.98 Å². The standard InChI is InChI=1S/C18H18N2O2S2/c1-10-4-6-13(7-5-10)14-12(3)24-17-15(14)16(22)19-18(20-17)23-9-8-11(2)21/h4-7H,8-9H2,1-3H3,(H,19,20,22). The topological polar surface area (TPSA) is 62.8 Å². The maximum absolute atomic E-state index is 12.6. The maximum atomic E-state index is 12.6. The van der Waals surface area contributed by atoms with Crippen molar-refractivity contribution in [3.05, 3.63) is 45.1 Å². The number of Topliss-reactive ketones (excluding diaryl/α,β-unsaturated/α-hetero) is 1. The number of nitrogens with one attached hydrogen (secondary N) is 1. The van der Waals surface area contributed by atoms with E-state index in [2.05, 4.69) is 9.97 Å². The van der Waals surface area contributed by atoms with E-state index in [1.807, 2.05) is 38.1 Å². The molecule has 24 heavy (non-hydrogen) atoms. The van der Waals surface area contributed by atoms with Crippen molar-refractivity contribution < 1.29 is 4.79 Å². The second-order valence-corrected chi connectivity index (χ2v) is 8.04. The minimum absolute atomic E-state index is 0.120. The predicted molar refractivity (Wildman–Crippen MR) is 101 cm³/mol. The van der Waals surface area contributed by atoms with Crippen LogP contribution >= 0.6 is 23.1 Å². The second-order valence-electron chi connectivity index (χ2n) is 5.75. The molecule has 0 bridgehead atoms. The number of thioether (sulfide) groups is 1. The summed E-state index contributed by atoms with van der Waals surface area (Å²) in [5.74, 6) is 0.762. The Kier molecular flexibility index (Phi) is 4.87. The molecule has 4 nitrogen and oxygen atoms in total. The molecule has 0 fully saturated rings. The Balaban J connectivity index is 2.03. The van der Waals surface area contributed by atoms with Gasteiger partial charge < -0.3 is 4.98 Å². The summed E-state index contributed by atoms with van der Waals surface area (Å²) in [6, 6.07) is 8.18. The number of aryl methyl sites for hydroxylation is 2. The summed E-state index contributed by atoms with van der Waals surface area (Å²) in [6.45, 7) is 5.63. The first-order valence-corrected chi connectivity index (χ1v) is 9.48. The fourth-order valence-corrected chi connectivity index (χ4v) is 4.53. The number of rotatable bonds is 5. The normalized spacial score (nSPS) is 11.1. The number of hydrogen-bond donors (Lipinski definition) is 1. The fourth-order valence-electron chi connectivity index (χ4n) is 2.53. The quantitative estimate of drug-likeness (QED) is 0.544. The van der Waals surface area contributed by atoms with Gasteiger partial charge in [-0.3, -0.25) is 9.59 Å². The van der Waals surface area contributed by atoms with E-state index in [4.69, 9.17) is 0 Å². The molecule has 0 radical (unpaired) electrons. The van der Waals surface area contributed by atoms with Crippen molar-refractivity contribution >= 4 is 39.1 Å². The molecular weight excluding hydrogens is 340 g/mol. The van der Waals surface area contributed by atoms with Crippen LogP contribution < -0.4 is 5.56 Å². The zero-order valence-corrected chi connectivity index (χ0v) is 15.4. The summed E-state index contributed by atoms with van der Waals surface area (Å²) in [6.07, 6.45) is 0.477. The summed E-state index contributed by atoms with van der Waals surface area (Å²) >= 11 is 2.94. The summed E-state index contributed by atoms with van der Waals surface area (Å²) in [5.41, 5.74) is 3.06. The van der Waals surface area contributed by atoms with E-state index in [1.54, 1.807) is 6.92 Å². The molecule has 1 N–H and O–H groups in total. The number of nitrogens with zero attached hydrogens (tertiary/aromatic N) is 1. The Morgan fingerprint density at radius 3 is 2.62 bits per heavy atom. The van der Waals surface area contributed by atoms with Gasteiger partial charge in [0, 0.05) is 22.6 Å². The van der Waals surface area contributed by atoms with E-state index < -0.39 is 0 Å². The minimum atomic E-state index is -0.120. The van der Waals surface area contributed by atoms with Gasteiger partial charge in [0.1, 0.15) is 10.6 Å². The predicted octanol–water partition coefficient (Wildman–Crippen LogP) is 4.34. The van der Waals surface area contributed by atoms with Gasteiger partial charge in [0.2, 0.25) is 0 Å². The number of aromatic amines is 1. The smallest absolute Gasteiger partial charge is 0.260 e. The molecule has 3 rings (SSSR count). The molecule has 0 saturated carbocycles. The molecule has 2 heterocycles. The van der Waals surface area contributed by atoms with Crippen LogP contribution in [0.3, 0.4) is 0 Å². The monoisotopic (exact) mass is 358 g/mol. The number of ketones is 1. The molecule has 3 aromatic rings. The van der Waals surface area contributed by atoms with Crippen LogP contribution in [0.4, 0.5) is 0 Å². The lowest BCUT2D eigenvalue weighted by Crippen LogP contribution is -2.09. The summed E-state index contributed by atoms with van der Waals surface area (Å²) in [7, 11) is 0. The number of carbonyl (C=O) groups excluding carboxylic acids is 1. The first-order valence-electron chi connectivity index (χ1n) is 7.68. The van der Waals surface area contributed by atoms with Gasteiger partial charge in [0.15, 0.2) is 5.16 Å². The number of carbonyl (C=O) groups is 1. The lowest BCUT2D eigenvalue weighted by Gasteiger charge is -2.03. The number of hydrogen-bond acceptors (Lipinski definition) is 5. The van der Waals surface area contributed by atoms with E-state index >= 15 is 0 Å². The Hall–Kier alpha value is -1.92. The molecule has 0 saturated heterocycles. The van der Waals surface area contributed by atoms with Crippen molar-refractivity contribution in [1.29, 1.82) is 0 Å². The highest BCUT2D eigenvalue weighted by atomic mass is 32.2. The third-order valence-corrected chi connectivity index (χ3v) is 5.62. The molecule has 6 heteroatoms. The molecular formula is C18H18N2O2S2. The summed E-state index contributed by atoms with van der Waals surface area (Å²) in [5, 5.41) is 1.22. The van der Waals surface area contributed by atoms with Gasteiger partial charge in [-0.2, -0.15) is 0 Å². The third-order valence-electron chi connectivity index (χ3n) is 3.75. The van der Waals surface area contributed by atoms with Crippen molar-refractivity contribution in [2.24, 2.45) is 0 Å². The average Bonchev–Trinajstić information content (AvgIpc) is 2.84. The van der Waals surface area contributed by atoms with Crippen LogP contribution in [-0.4, -0.2) is 21.5 Å². The highest BCUT2D eigenvalue weighted by Gasteiger charge is 2.16. The van der Waals surface area contributed by atoms with Crippen molar-refractivity contribution in [3.63, 3.8) is 0 Å². The van der Waals surface area contributed by atoms with Crippen LogP contribution in [0.2, 0.25) is 0 Å². The van der Waals surface area contributed by atoms with Crippen LogP contribution in [0.5, 0.6) is 0 Å². The number of fused-ring (bicyclic) bond motifs is 1. The lowest BCUT2D eigenvalue weighted by atomic mass is 10.0. The Morgan fingerprint density at radius 2 is 1.96 bits per heavy atom. The van der Waals surface area contributed by atoms with E-state index in [-0.39, 0.29) is 11.3 Å². The number of H-pyrrole nitrogens is 1. The highest BCUT2D eigenvalue weighted by Crippen LogP contribution is 2.36. The molecule has 0 aliphatic rings. The zero-order chi connectivity index (χ0) is 17.3. The molecule has 0 atom stereocenters. The Bertz CT molecular complexity index is 956. The van der Waals surface area contributed by atoms with Gasteiger partial charge in [-0.15, -0.1) is 11.3 Å². The fraction of sp³-hybridized carbons (Fsp3) is 0.278. The largest absolute Gasteiger partial charge is 0.301 e. The third kappa shape index (κ3) is 3.44. The lowest BCUT2D eigenvalue weighted by molar-refractivity contribution is -0.116. The van der Waals surface area contributed by atoms with Crippen LogP contribution in [0.15, 0.2) is 34.2 Å². The van der Waals surface area contributed by atoms with Gasteiger partial charge in [-0.1, -0.05) is 41.6 Å². The molecule has 0 aliphatic heterocycles. The van der Waals surface area contributed by atoms with Crippen LogP contribution in [0.25, 0.3) is 21.3 Å². The highest BCUT2D eigenvalue weighted by molar-refractivity contribution is 7.99. The van der Waals surface area contributed by atoms with E-state index in [9.17, 15) is 9.59 Å². The average molecular weight is 358 g/mol. The molecule has 0 spiro atoms. The van der Waals surface area contributed by atoms with E-state index in [0.29, 0.717) is 22.7 Å². The SMILES string of the molecule is CC(=O)CCSc1nc2sc(C)c(-c3ccc(C)cc3)c2c(=O)[nH]1. The van der Waals surface area contributed by atoms with Crippen LogP contribution in [0, 0.1) is 13.8 Å². The van der Waals surface area contributed by atoms with Crippen molar-refractivity contribution in [1.82, 2.24) is 9.97 Å². The number of thiophene rings is 1. The molecule has 124 valence electrons. The summed E-state index contributed by atoms with van der Waals surface area (Å²) < 4.78 is 0. The van der Waals surface area contributed by atoms with Gasteiger partial charge in [0.05, 0.1) is 5.39 Å². The van der Waals surface area contributed by atoms with Gasteiger partial charge >= 0.3 is 0 Å². The summed E-state index contributed by atoms with van der Waals surface area (Å²) in [4.78, 5) is 32.9. The van der Waals surface area contributed by atoms with Crippen molar-refractivity contribution in [2.45, 2.75) is 32.3 Å². The van der Waals surface area contributed by atoms with Crippen molar-refractivity contribution in [3.8, 4) is 11.1 Å². The molecule has 0 aliphatic carbocycles. The van der Waals surface area contributed by atoms with Crippen LogP contribution in [0.1, 0.15) is 23.8 Å². The van der Waals surface area contributed by atoms with E-state index in [1.165, 1.54) is 28.7 Å². The second kappa shape index (κ2) is 6.91. The van der Waals surface area contributed by atoms with E-state index in [0.717, 1.165) is 20.8 Å². The maximum Gasteiger partial charge on any atom is 0.260 e. The Morgan fingerprint density at radius 1 is 1.25 bits per heavy atom. The minimum Gasteiger partial charge on any atom is -0.301 e. The Labute approximate surface area is 148 Å². The first-order chi connectivity index (χ1) is 11.5. The molecule has 2 aromatic heterocycles. The molecule has 0 unspecified atom stereocenters.